The standard InChI is InChI=1S/C13H15ClN2O2/c14-9-1-2-10-11(7-9)15-8-13(12(17)16-10)3-5-18-6-4-13/h1-2,7,15H,3-6,8H2,(H,16,17). The van der Waals surface area contributed by atoms with Crippen LogP contribution in [0.3, 0.4) is 0 Å². The van der Waals surface area contributed by atoms with Crippen LogP contribution in [0.2, 0.25) is 5.02 Å². The van der Waals surface area contributed by atoms with Gasteiger partial charge in [0.05, 0.1) is 16.8 Å². The average Bonchev–Trinajstić information content (AvgIpc) is 2.51. The summed E-state index contributed by atoms with van der Waals surface area (Å²) in [4.78, 5) is 12.4. The molecule has 96 valence electrons. The predicted molar refractivity (Wildman–Crippen MR) is 71.1 cm³/mol. The second kappa shape index (κ2) is 4.44. The first-order chi connectivity index (χ1) is 8.70. The number of carbonyl (C=O) groups excluding carboxylic acids is 1. The van der Waals surface area contributed by atoms with Crippen molar-refractivity contribution in [3.63, 3.8) is 0 Å². The quantitative estimate of drug-likeness (QED) is 0.759. The second-order valence-electron chi connectivity index (χ2n) is 4.89. The topological polar surface area (TPSA) is 50.4 Å². The van der Waals surface area contributed by atoms with E-state index in [1.165, 1.54) is 0 Å². The first kappa shape index (κ1) is 11.8. The largest absolute Gasteiger partial charge is 0.382 e. The zero-order valence-electron chi connectivity index (χ0n) is 9.96. The summed E-state index contributed by atoms with van der Waals surface area (Å²) in [6, 6.07) is 5.46. The van der Waals surface area contributed by atoms with Crippen LogP contribution < -0.4 is 10.6 Å². The van der Waals surface area contributed by atoms with E-state index in [1.807, 2.05) is 12.1 Å². The van der Waals surface area contributed by atoms with Crippen LogP contribution in [0.4, 0.5) is 11.4 Å². The van der Waals surface area contributed by atoms with E-state index in [4.69, 9.17) is 16.3 Å². The maximum Gasteiger partial charge on any atom is 0.232 e. The number of nitrogens with one attached hydrogen (secondary N) is 2. The number of hydrogen-bond acceptors (Lipinski definition) is 3. The zero-order chi connectivity index (χ0) is 12.6. The summed E-state index contributed by atoms with van der Waals surface area (Å²) in [5.74, 6) is 0.0828. The van der Waals surface area contributed by atoms with Gasteiger partial charge in [-0.3, -0.25) is 4.79 Å². The SMILES string of the molecule is O=C1Nc2ccc(Cl)cc2NCC12CCOCC2. The van der Waals surface area contributed by atoms with Crippen molar-refractivity contribution < 1.29 is 9.53 Å². The predicted octanol–water partition coefficient (Wildman–Crippen LogP) is 2.50. The van der Waals surface area contributed by atoms with Crippen LogP contribution in [-0.2, 0) is 9.53 Å². The Morgan fingerprint density at radius 2 is 2.00 bits per heavy atom. The normalized spacial score (nSPS) is 21.7. The van der Waals surface area contributed by atoms with Gasteiger partial charge >= 0.3 is 0 Å². The lowest BCUT2D eigenvalue weighted by Crippen LogP contribution is -2.44. The number of fused-ring (bicyclic) bond motifs is 1. The molecule has 1 amide bonds. The van der Waals surface area contributed by atoms with Gasteiger partial charge < -0.3 is 15.4 Å². The van der Waals surface area contributed by atoms with Gasteiger partial charge in [-0.2, -0.15) is 0 Å². The van der Waals surface area contributed by atoms with Crippen molar-refractivity contribution in [3.8, 4) is 0 Å². The number of carbonyl (C=O) groups is 1. The van der Waals surface area contributed by atoms with Gasteiger partial charge in [0.1, 0.15) is 0 Å². The molecule has 3 rings (SSSR count). The highest BCUT2D eigenvalue weighted by Gasteiger charge is 2.41. The van der Waals surface area contributed by atoms with Gasteiger partial charge in [-0.1, -0.05) is 11.6 Å². The van der Waals surface area contributed by atoms with E-state index in [0.29, 0.717) is 24.8 Å². The summed E-state index contributed by atoms with van der Waals surface area (Å²) in [7, 11) is 0. The Labute approximate surface area is 111 Å². The van der Waals surface area contributed by atoms with Crippen molar-refractivity contribution in [3.05, 3.63) is 23.2 Å². The van der Waals surface area contributed by atoms with Crippen LogP contribution in [0.15, 0.2) is 18.2 Å². The van der Waals surface area contributed by atoms with Gasteiger partial charge in [0.2, 0.25) is 5.91 Å². The summed E-state index contributed by atoms with van der Waals surface area (Å²) in [6.45, 7) is 1.92. The van der Waals surface area contributed by atoms with Crippen molar-refractivity contribution >= 4 is 28.9 Å². The van der Waals surface area contributed by atoms with Gasteiger partial charge in [0.15, 0.2) is 0 Å². The van der Waals surface area contributed by atoms with Crippen LogP contribution in [0.5, 0.6) is 0 Å². The molecule has 0 saturated carbocycles. The first-order valence-corrected chi connectivity index (χ1v) is 6.50. The number of anilines is 2. The average molecular weight is 267 g/mol. The van der Waals surface area contributed by atoms with E-state index in [1.54, 1.807) is 6.07 Å². The van der Waals surface area contributed by atoms with Gasteiger partial charge in [-0.25, -0.2) is 0 Å². The Bertz CT molecular complexity index is 484. The van der Waals surface area contributed by atoms with Crippen molar-refractivity contribution in [2.45, 2.75) is 12.8 Å². The molecule has 18 heavy (non-hydrogen) atoms. The van der Waals surface area contributed by atoms with Gasteiger partial charge in [-0.15, -0.1) is 0 Å². The molecule has 1 spiro atoms. The lowest BCUT2D eigenvalue weighted by Gasteiger charge is -2.34. The fourth-order valence-electron chi connectivity index (χ4n) is 2.54. The highest BCUT2D eigenvalue weighted by Crippen LogP contribution is 2.37. The van der Waals surface area contributed by atoms with E-state index in [0.717, 1.165) is 24.2 Å². The lowest BCUT2D eigenvalue weighted by molar-refractivity contribution is -0.129. The van der Waals surface area contributed by atoms with E-state index >= 15 is 0 Å². The number of hydrogen-bond donors (Lipinski definition) is 2. The molecule has 0 unspecified atom stereocenters. The minimum Gasteiger partial charge on any atom is -0.382 e. The third-order valence-corrected chi connectivity index (χ3v) is 4.01. The molecular weight excluding hydrogens is 252 g/mol. The Balaban J connectivity index is 1.92. The zero-order valence-corrected chi connectivity index (χ0v) is 10.7. The van der Waals surface area contributed by atoms with E-state index in [-0.39, 0.29) is 11.3 Å². The molecule has 0 atom stereocenters. The van der Waals surface area contributed by atoms with Crippen LogP contribution in [0.1, 0.15) is 12.8 Å². The van der Waals surface area contributed by atoms with Crippen LogP contribution in [-0.4, -0.2) is 25.7 Å². The number of benzene rings is 1. The minimum atomic E-state index is -0.357. The lowest BCUT2D eigenvalue weighted by atomic mass is 9.79. The molecule has 1 fully saturated rings. The maximum absolute atomic E-state index is 12.4. The molecule has 4 nitrogen and oxygen atoms in total. The monoisotopic (exact) mass is 266 g/mol. The highest BCUT2D eigenvalue weighted by atomic mass is 35.5. The summed E-state index contributed by atoms with van der Waals surface area (Å²) in [5.41, 5.74) is 1.33. The van der Waals surface area contributed by atoms with Crippen LogP contribution in [0, 0.1) is 5.41 Å². The first-order valence-electron chi connectivity index (χ1n) is 6.12. The summed E-state index contributed by atoms with van der Waals surface area (Å²) >= 11 is 5.97. The van der Waals surface area contributed by atoms with Crippen molar-refractivity contribution in [2.24, 2.45) is 5.41 Å². The molecule has 0 bridgehead atoms. The molecule has 2 aliphatic rings. The van der Waals surface area contributed by atoms with Gasteiger partial charge in [-0.05, 0) is 31.0 Å². The smallest absolute Gasteiger partial charge is 0.232 e. The van der Waals surface area contributed by atoms with E-state index < -0.39 is 0 Å². The molecule has 2 heterocycles. The van der Waals surface area contributed by atoms with Crippen molar-refractivity contribution in [2.75, 3.05) is 30.4 Å². The summed E-state index contributed by atoms with van der Waals surface area (Å²) < 4.78 is 5.35. The number of amides is 1. The molecule has 1 aromatic rings. The number of halogens is 1. The molecule has 1 saturated heterocycles. The third-order valence-electron chi connectivity index (χ3n) is 3.78. The highest BCUT2D eigenvalue weighted by molar-refractivity contribution is 6.31. The molecule has 1 aromatic carbocycles. The molecule has 0 aliphatic carbocycles. The molecule has 5 heteroatoms. The van der Waals surface area contributed by atoms with Gasteiger partial charge in [0.25, 0.3) is 0 Å². The molecule has 2 N–H and O–H groups in total. The summed E-state index contributed by atoms with van der Waals surface area (Å²) in [5, 5.41) is 6.99. The summed E-state index contributed by atoms with van der Waals surface area (Å²) in [6.07, 6.45) is 1.51. The second-order valence-corrected chi connectivity index (χ2v) is 5.33. The van der Waals surface area contributed by atoms with Crippen LogP contribution >= 0.6 is 11.6 Å². The molecule has 0 aromatic heterocycles. The fraction of sp³-hybridized carbons (Fsp3) is 0.462. The van der Waals surface area contributed by atoms with E-state index in [9.17, 15) is 4.79 Å². The third kappa shape index (κ3) is 1.95. The Morgan fingerprint density at radius 3 is 2.78 bits per heavy atom. The van der Waals surface area contributed by atoms with Crippen LogP contribution in [0.25, 0.3) is 0 Å². The van der Waals surface area contributed by atoms with Crippen molar-refractivity contribution in [1.29, 1.82) is 0 Å². The van der Waals surface area contributed by atoms with Crippen molar-refractivity contribution in [1.82, 2.24) is 0 Å². The Hall–Kier alpha value is -1.26. The Morgan fingerprint density at radius 1 is 1.22 bits per heavy atom. The molecule has 2 aliphatic heterocycles. The number of ether oxygens (including phenoxy) is 1. The number of rotatable bonds is 0. The van der Waals surface area contributed by atoms with Gasteiger partial charge in [0, 0.05) is 24.8 Å². The molecule has 0 radical (unpaired) electrons. The maximum atomic E-state index is 12.4. The minimum absolute atomic E-state index is 0.0828. The Kier molecular flexibility index (Phi) is 2.92. The van der Waals surface area contributed by atoms with E-state index in [2.05, 4.69) is 10.6 Å². The molecular formula is C13H15ClN2O2. The fourth-order valence-corrected chi connectivity index (χ4v) is 2.71.